The van der Waals surface area contributed by atoms with Crippen molar-refractivity contribution in [1.82, 2.24) is 14.9 Å². The molecule has 19 heavy (non-hydrogen) atoms. The maximum atomic E-state index is 11.9. The predicted octanol–water partition coefficient (Wildman–Crippen LogP) is 0.799. The number of carbonyl (C=O) groups excluding carboxylic acids is 2. The Hall–Kier alpha value is -2.50. The lowest BCUT2D eigenvalue weighted by Crippen LogP contribution is -2.32. The first kappa shape index (κ1) is 11.6. The van der Waals surface area contributed by atoms with Gasteiger partial charge in [-0.25, -0.2) is 9.97 Å². The Bertz CT molecular complexity index is 665. The van der Waals surface area contributed by atoms with Crippen LogP contribution in [0.4, 0.5) is 5.82 Å². The van der Waals surface area contributed by atoms with E-state index in [1.54, 1.807) is 0 Å². The Morgan fingerprint density at radius 1 is 1.26 bits per heavy atom. The molecular formula is C13H12N4O2. The number of nitrogens with zero attached hydrogens (tertiary/aromatic N) is 3. The Morgan fingerprint density at radius 2 is 2.05 bits per heavy atom. The van der Waals surface area contributed by atoms with Gasteiger partial charge >= 0.3 is 0 Å². The summed E-state index contributed by atoms with van der Waals surface area (Å²) in [7, 11) is 1.49. The molecule has 1 aromatic carbocycles. The van der Waals surface area contributed by atoms with E-state index < -0.39 is 6.04 Å². The van der Waals surface area contributed by atoms with Crippen LogP contribution in [-0.2, 0) is 9.59 Å². The molecule has 0 spiro atoms. The fourth-order valence-corrected chi connectivity index (χ4v) is 2.15. The number of hydrogen-bond acceptors (Lipinski definition) is 5. The van der Waals surface area contributed by atoms with Crippen LogP contribution in [0.5, 0.6) is 0 Å². The number of likely N-dealkylation sites (tertiary alicyclic amines) is 1. The Labute approximate surface area is 109 Å². The van der Waals surface area contributed by atoms with Gasteiger partial charge in [0, 0.05) is 12.4 Å². The summed E-state index contributed by atoms with van der Waals surface area (Å²) in [4.78, 5) is 32.8. The largest absolute Gasteiger partial charge is 0.357 e. The second-order valence-electron chi connectivity index (χ2n) is 4.43. The standard InChI is InChI=1S/C13H12N4O2/c1-17-11(18)6-10(13(17)19)16-12-8-4-2-3-5-9(8)14-7-15-12/h2-5,7,10H,6H2,1H3,(H,14,15,16). The average Bonchev–Trinajstić information content (AvgIpc) is 2.67. The third-order valence-electron chi connectivity index (χ3n) is 3.24. The second kappa shape index (κ2) is 4.31. The van der Waals surface area contributed by atoms with E-state index in [1.807, 2.05) is 24.3 Å². The summed E-state index contributed by atoms with van der Waals surface area (Å²) < 4.78 is 0. The molecule has 1 atom stereocenters. The van der Waals surface area contributed by atoms with Gasteiger partial charge in [0.25, 0.3) is 5.91 Å². The summed E-state index contributed by atoms with van der Waals surface area (Å²) in [5, 5.41) is 3.86. The third-order valence-corrected chi connectivity index (χ3v) is 3.24. The number of amides is 2. The van der Waals surface area contributed by atoms with Crippen LogP contribution in [0.1, 0.15) is 6.42 Å². The van der Waals surface area contributed by atoms with Gasteiger partial charge < -0.3 is 5.32 Å². The summed E-state index contributed by atoms with van der Waals surface area (Å²) in [5.74, 6) is 0.167. The minimum absolute atomic E-state index is 0.160. The molecule has 3 rings (SSSR count). The highest BCUT2D eigenvalue weighted by atomic mass is 16.2. The number of benzene rings is 1. The van der Waals surface area contributed by atoms with Gasteiger partial charge in [-0.15, -0.1) is 0 Å². The number of anilines is 1. The van der Waals surface area contributed by atoms with Crippen molar-refractivity contribution in [3.8, 4) is 0 Å². The molecule has 1 unspecified atom stereocenters. The molecular weight excluding hydrogens is 244 g/mol. The van der Waals surface area contributed by atoms with Crippen molar-refractivity contribution in [2.45, 2.75) is 12.5 Å². The highest BCUT2D eigenvalue weighted by molar-refractivity contribution is 6.07. The summed E-state index contributed by atoms with van der Waals surface area (Å²) in [6, 6.07) is 6.97. The number of para-hydroxylation sites is 1. The lowest BCUT2D eigenvalue weighted by Gasteiger charge is -2.12. The van der Waals surface area contributed by atoms with Gasteiger partial charge in [0.2, 0.25) is 5.91 Å². The first-order valence-corrected chi connectivity index (χ1v) is 5.93. The van der Waals surface area contributed by atoms with E-state index in [0.717, 1.165) is 15.8 Å². The van der Waals surface area contributed by atoms with Crippen molar-refractivity contribution >= 4 is 28.5 Å². The lowest BCUT2D eigenvalue weighted by molar-refractivity contribution is -0.136. The van der Waals surface area contributed by atoms with Crippen LogP contribution in [0.2, 0.25) is 0 Å². The molecule has 0 aliphatic carbocycles. The predicted molar refractivity (Wildman–Crippen MR) is 69.3 cm³/mol. The van der Waals surface area contributed by atoms with Gasteiger partial charge in [-0.1, -0.05) is 12.1 Å². The molecule has 1 aromatic heterocycles. The Balaban J connectivity index is 1.94. The maximum absolute atomic E-state index is 11.9. The number of imide groups is 1. The zero-order chi connectivity index (χ0) is 13.4. The molecule has 0 bridgehead atoms. The molecule has 1 N–H and O–H groups in total. The smallest absolute Gasteiger partial charge is 0.251 e. The maximum Gasteiger partial charge on any atom is 0.251 e. The molecule has 2 amide bonds. The van der Waals surface area contributed by atoms with Crippen molar-refractivity contribution in [2.24, 2.45) is 0 Å². The van der Waals surface area contributed by atoms with Gasteiger partial charge in [0.15, 0.2) is 0 Å². The quantitative estimate of drug-likeness (QED) is 0.804. The van der Waals surface area contributed by atoms with Crippen LogP contribution in [0.15, 0.2) is 30.6 Å². The Morgan fingerprint density at radius 3 is 2.79 bits per heavy atom. The van der Waals surface area contributed by atoms with Crippen LogP contribution in [0, 0.1) is 0 Å². The van der Waals surface area contributed by atoms with Crippen LogP contribution in [0.3, 0.4) is 0 Å². The number of carbonyl (C=O) groups is 2. The first-order chi connectivity index (χ1) is 9.16. The molecule has 96 valence electrons. The van der Waals surface area contributed by atoms with E-state index in [-0.39, 0.29) is 18.2 Å². The summed E-state index contributed by atoms with van der Waals surface area (Å²) in [5.41, 5.74) is 0.796. The number of likely N-dealkylation sites (N-methyl/N-ethyl adjacent to an activating group) is 1. The molecule has 1 aliphatic rings. The second-order valence-corrected chi connectivity index (χ2v) is 4.43. The van der Waals surface area contributed by atoms with E-state index in [1.165, 1.54) is 13.4 Å². The normalized spacial score (nSPS) is 19.2. The van der Waals surface area contributed by atoms with E-state index >= 15 is 0 Å². The fourth-order valence-electron chi connectivity index (χ4n) is 2.15. The number of nitrogens with one attached hydrogen (secondary N) is 1. The number of rotatable bonds is 2. The van der Waals surface area contributed by atoms with Crippen molar-refractivity contribution < 1.29 is 9.59 Å². The first-order valence-electron chi connectivity index (χ1n) is 5.93. The molecule has 2 aromatic rings. The molecule has 1 saturated heterocycles. The third kappa shape index (κ3) is 1.91. The van der Waals surface area contributed by atoms with E-state index in [0.29, 0.717) is 5.82 Å². The molecule has 1 fully saturated rings. The zero-order valence-electron chi connectivity index (χ0n) is 10.3. The minimum Gasteiger partial charge on any atom is -0.357 e. The van der Waals surface area contributed by atoms with Gasteiger partial charge in [0.05, 0.1) is 11.9 Å². The van der Waals surface area contributed by atoms with Gasteiger partial charge in [-0.05, 0) is 12.1 Å². The molecule has 2 heterocycles. The minimum atomic E-state index is -0.546. The van der Waals surface area contributed by atoms with E-state index in [9.17, 15) is 9.59 Å². The molecule has 0 saturated carbocycles. The monoisotopic (exact) mass is 256 g/mol. The van der Waals surface area contributed by atoms with Crippen molar-refractivity contribution in [1.29, 1.82) is 0 Å². The topological polar surface area (TPSA) is 75.2 Å². The van der Waals surface area contributed by atoms with Crippen molar-refractivity contribution in [3.63, 3.8) is 0 Å². The number of hydrogen-bond donors (Lipinski definition) is 1. The van der Waals surface area contributed by atoms with Crippen LogP contribution < -0.4 is 5.32 Å². The summed E-state index contributed by atoms with van der Waals surface area (Å²) in [6.45, 7) is 0. The van der Waals surface area contributed by atoms with Gasteiger partial charge in [-0.2, -0.15) is 0 Å². The highest BCUT2D eigenvalue weighted by Gasteiger charge is 2.36. The summed E-state index contributed by atoms with van der Waals surface area (Å²) >= 11 is 0. The Kier molecular flexibility index (Phi) is 2.63. The zero-order valence-corrected chi connectivity index (χ0v) is 10.3. The number of fused-ring (bicyclic) bond motifs is 1. The SMILES string of the molecule is CN1C(=O)CC(Nc2ncnc3ccccc23)C1=O. The van der Waals surface area contributed by atoms with E-state index in [4.69, 9.17) is 0 Å². The van der Waals surface area contributed by atoms with Crippen molar-refractivity contribution in [2.75, 3.05) is 12.4 Å². The van der Waals surface area contributed by atoms with E-state index in [2.05, 4.69) is 15.3 Å². The van der Waals surface area contributed by atoms with Crippen LogP contribution in [-0.4, -0.2) is 39.8 Å². The summed E-state index contributed by atoms with van der Waals surface area (Å²) in [6.07, 6.45) is 1.60. The molecule has 6 nitrogen and oxygen atoms in total. The van der Waals surface area contributed by atoms with Crippen LogP contribution in [0.25, 0.3) is 10.9 Å². The average molecular weight is 256 g/mol. The van der Waals surface area contributed by atoms with Crippen molar-refractivity contribution in [3.05, 3.63) is 30.6 Å². The molecule has 0 radical (unpaired) electrons. The van der Waals surface area contributed by atoms with Crippen LogP contribution >= 0.6 is 0 Å². The lowest BCUT2D eigenvalue weighted by atomic mass is 10.2. The highest BCUT2D eigenvalue weighted by Crippen LogP contribution is 2.22. The van der Waals surface area contributed by atoms with Gasteiger partial charge in [-0.3, -0.25) is 14.5 Å². The number of aromatic nitrogens is 2. The van der Waals surface area contributed by atoms with Gasteiger partial charge in [0.1, 0.15) is 18.2 Å². The molecule has 1 aliphatic heterocycles. The molecule has 6 heteroatoms. The fraction of sp³-hybridized carbons (Fsp3) is 0.231.